The van der Waals surface area contributed by atoms with E-state index in [2.05, 4.69) is 36.3 Å². The minimum Gasteiger partial charge on any atom is -0.444 e. The van der Waals surface area contributed by atoms with Crippen LogP contribution in [-0.2, 0) is 14.8 Å². The minimum atomic E-state index is -3.88. The molecule has 1 aliphatic rings. The third kappa shape index (κ3) is 6.93. The molecule has 2 heterocycles. The Labute approximate surface area is 202 Å². The van der Waals surface area contributed by atoms with Crippen molar-refractivity contribution < 1.29 is 17.9 Å². The lowest BCUT2D eigenvalue weighted by molar-refractivity contribution is 0.0130. The molecule has 8 nitrogen and oxygen atoms in total. The molecule has 2 aromatic rings. The largest absolute Gasteiger partial charge is 0.444 e. The van der Waals surface area contributed by atoms with Crippen molar-refractivity contribution in [1.82, 2.24) is 9.88 Å². The van der Waals surface area contributed by atoms with Gasteiger partial charge in [-0.05, 0) is 71.1 Å². The summed E-state index contributed by atoms with van der Waals surface area (Å²) in [4.78, 5) is 18.8. The van der Waals surface area contributed by atoms with Crippen molar-refractivity contribution in [3.63, 3.8) is 0 Å². The Morgan fingerprint density at radius 2 is 1.88 bits per heavy atom. The molecular weight excluding hydrogens is 452 g/mol. The molecule has 1 aromatic carbocycles. The molecular formula is C25H36N4O4S. The van der Waals surface area contributed by atoms with E-state index in [9.17, 15) is 13.2 Å². The average Bonchev–Trinajstić information content (AvgIpc) is 3.04. The van der Waals surface area contributed by atoms with Crippen molar-refractivity contribution in [2.24, 2.45) is 11.1 Å². The number of hydrogen-bond donors (Lipinski definition) is 2. The molecule has 1 fully saturated rings. The monoisotopic (exact) mass is 488 g/mol. The maximum Gasteiger partial charge on any atom is 0.410 e. The van der Waals surface area contributed by atoms with Crippen molar-refractivity contribution in [2.75, 3.05) is 18.4 Å². The number of carbonyl (C=O) groups is 1. The molecule has 0 spiro atoms. The van der Waals surface area contributed by atoms with Crippen molar-refractivity contribution in [1.29, 1.82) is 0 Å². The zero-order valence-corrected chi connectivity index (χ0v) is 21.4. The van der Waals surface area contributed by atoms with Gasteiger partial charge in [0.15, 0.2) is 5.03 Å². The van der Waals surface area contributed by atoms with E-state index >= 15 is 0 Å². The Bertz CT molecular complexity index is 1100. The maximum absolute atomic E-state index is 12.8. The van der Waals surface area contributed by atoms with Gasteiger partial charge in [0.25, 0.3) is 10.0 Å². The highest BCUT2D eigenvalue weighted by Gasteiger charge is 2.43. The molecule has 0 radical (unpaired) electrons. The zero-order valence-electron chi connectivity index (χ0n) is 20.6. The molecule has 0 aliphatic carbocycles. The molecule has 1 saturated heterocycles. The number of sulfonamides is 1. The fraction of sp³-hybridized carbons (Fsp3) is 0.520. The number of likely N-dealkylation sites (tertiary alicyclic amines) is 1. The second kappa shape index (κ2) is 9.92. The van der Waals surface area contributed by atoms with E-state index in [4.69, 9.17) is 9.88 Å². The number of pyridine rings is 1. The average molecular weight is 489 g/mol. The maximum atomic E-state index is 12.8. The number of nitrogens with two attached hydrogens (primary N) is 1. The van der Waals surface area contributed by atoms with Crippen molar-refractivity contribution in [3.05, 3.63) is 54.1 Å². The topological polar surface area (TPSA) is 115 Å². The van der Waals surface area contributed by atoms with Gasteiger partial charge >= 0.3 is 6.09 Å². The molecule has 1 amide bonds. The van der Waals surface area contributed by atoms with Crippen LogP contribution in [0.1, 0.15) is 58.9 Å². The predicted octanol–water partition coefficient (Wildman–Crippen LogP) is 4.35. The fourth-order valence-electron chi connectivity index (χ4n) is 4.55. The molecule has 2 unspecified atom stereocenters. The summed E-state index contributed by atoms with van der Waals surface area (Å²) >= 11 is 0. The summed E-state index contributed by atoms with van der Waals surface area (Å²) in [7, 11) is -3.88. The molecule has 0 bridgehead atoms. The third-order valence-corrected chi connectivity index (χ3v) is 6.82. The van der Waals surface area contributed by atoms with Crippen LogP contribution < -0.4 is 10.5 Å². The van der Waals surface area contributed by atoms with Gasteiger partial charge in [-0.15, -0.1) is 0 Å². The van der Waals surface area contributed by atoms with Crippen LogP contribution in [0.5, 0.6) is 0 Å². The Morgan fingerprint density at radius 1 is 1.21 bits per heavy atom. The van der Waals surface area contributed by atoms with Crippen LogP contribution in [0.3, 0.4) is 0 Å². The molecule has 1 aliphatic heterocycles. The summed E-state index contributed by atoms with van der Waals surface area (Å²) in [6.07, 6.45) is 1.45. The van der Waals surface area contributed by atoms with Gasteiger partial charge in [-0.25, -0.2) is 23.3 Å². The molecule has 0 saturated carbocycles. The summed E-state index contributed by atoms with van der Waals surface area (Å²) in [6, 6.07) is 14.9. The number of nitrogens with zero attached hydrogens (tertiary/aromatic N) is 2. The third-order valence-electron chi connectivity index (χ3n) is 6.01. The van der Waals surface area contributed by atoms with Gasteiger partial charge in [0, 0.05) is 24.5 Å². The lowest BCUT2D eigenvalue weighted by Gasteiger charge is -2.33. The van der Waals surface area contributed by atoms with Crippen LogP contribution in [0.4, 0.5) is 10.6 Å². The van der Waals surface area contributed by atoms with Crippen molar-refractivity contribution in [3.8, 4) is 0 Å². The van der Waals surface area contributed by atoms with Gasteiger partial charge < -0.3 is 15.0 Å². The number of anilines is 1. The number of aromatic nitrogens is 1. The van der Waals surface area contributed by atoms with Crippen LogP contribution in [-0.4, -0.2) is 48.6 Å². The van der Waals surface area contributed by atoms with Crippen LogP contribution in [0, 0.1) is 5.92 Å². The molecule has 3 rings (SSSR count). The summed E-state index contributed by atoms with van der Waals surface area (Å²) in [5.41, 5.74) is 0.332. The summed E-state index contributed by atoms with van der Waals surface area (Å²) in [5.74, 6) is 0.883. The van der Waals surface area contributed by atoms with Gasteiger partial charge in [-0.3, -0.25) is 0 Å². The van der Waals surface area contributed by atoms with Crippen molar-refractivity contribution in [2.45, 2.75) is 69.5 Å². The first kappa shape index (κ1) is 26.0. The van der Waals surface area contributed by atoms with Crippen LogP contribution in [0.2, 0.25) is 0 Å². The van der Waals surface area contributed by atoms with Crippen LogP contribution in [0.25, 0.3) is 0 Å². The number of hydrogen-bond acceptors (Lipinski definition) is 6. The quantitative estimate of drug-likeness (QED) is 0.599. The Hall–Kier alpha value is -2.65. The van der Waals surface area contributed by atoms with Crippen molar-refractivity contribution >= 4 is 21.9 Å². The normalized spacial score (nSPS) is 19.0. The predicted molar refractivity (Wildman–Crippen MR) is 133 cm³/mol. The van der Waals surface area contributed by atoms with E-state index in [-0.39, 0.29) is 22.6 Å². The van der Waals surface area contributed by atoms with E-state index in [1.54, 1.807) is 12.1 Å². The molecule has 186 valence electrons. The smallest absolute Gasteiger partial charge is 0.410 e. The van der Waals surface area contributed by atoms with E-state index < -0.39 is 15.6 Å². The van der Waals surface area contributed by atoms with E-state index in [1.807, 2.05) is 43.9 Å². The Kier molecular flexibility index (Phi) is 7.57. The number of ether oxygens (including phenoxy) is 1. The highest BCUT2D eigenvalue weighted by molar-refractivity contribution is 7.89. The lowest BCUT2D eigenvalue weighted by atomic mass is 9.85. The number of primary sulfonamides is 1. The summed E-state index contributed by atoms with van der Waals surface area (Å²) < 4.78 is 29.0. The van der Waals surface area contributed by atoms with E-state index in [1.165, 1.54) is 11.6 Å². The van der Waals surface area contributed by atoms with Gasteiger partial charge in [-0.1, -0.05) is 36.4 Å². The Morgan fingerprint density at radius 3 is 2.50 bits per heavy atom. The molecule has 9 heteroatoms. The first-order valence-corrected chi connectivity index (χ1v) is 13.1. The van der Waals surface area contributed by atoms with E-state index in [0.717, 1.165) is 12.8 Å². The second-order valence-electron chi connectivity index (χ2n) is 10.6. The van der Waals surface area contributed by atoms with Crippen LogP contribution >= 0.6 is 0 Å². The zero-order chi connectivity index (χ0) is 25.1. The highest BCUT2D eigenvalue weighted by atomic mass is 32.2. The van der Waals surface area contributed by atoms with Gasteiger partial charge in [-0.2, -0.15) is 0 Å². The molecule has 34 heavy (non-hydrogen) atoms. The number of benzene rings is 1. The number of nitrogens with one attached hydrogen (secondary N) is 1. The summed E-state index contributed by atoms with van der Waals surface area (Å²) in [6.45, 7) is 11.0. The first-order chi connectivity index (χ1) is 15.7. The number of amides is 1. The summed E-state index contributed by atoms with van der Waals surface area (Å²) in [5, 5.41) is 8.33. The minimum absolute atomic E-state index is 0.139. The fourth-order valence-corrected chi connectivity index (χ4v) is 5.04. The van der Waals surface area contributed by atoms with Gasteiger partial charge in [0.2, 0.25) is 0 Å². The molecule has 1 aromatic heterocycles. The van der Waals surface area contributed by atoms with E-state index in [0.29, 0.717) is 24.8 Å². The number of rotatable bonds is 7. The van der Waals surface area contributed by atoms with Crippen LogP contribution in [0.15, 0.2) is 53.6 Å². The number of carbonyl (C=O) groups excluding carboxylic acids is 1. The molecule has 3 N–H and O–H groups in total. The lowest BCUT2D eigenvalue weighted by Crippen LogP contribution is -2.45. The SMILES string of the molecule is CC(C)(C)OC(=O)N1CC(CC(CNc2cccc(S(N)(=O)=O)n2)c2ccccc2)CC1(C)C. The van der Waals surface area contributed by atoms with Gasteiger partial charge in [0.1, 0.15) is 11.4 Å². The second-order valence-corrected chi connectivity index (χ2v) is 12.1. The highest BCUT2D eigenvalue weighted by Crippen LogP contribution is 2.39. The van der Waals surface area contributed by atoms with Gasteiger partial charge in [0.05, 0.1) is 0 Å². The molecule has 2 atom stereocenters. The standard InChI is InChI=1S/C25H36N4O4S/c1-24(2,3)33-23(30)29-17-18(15-25(29,4)5)14-20(19-10-7-6-8-11-19)16-27-21-12-9-13-22(28-21)34(26,31)32/h6-13,18,20H,14-17H2,1-5H3,(H,27,28)(H2,26,31,32). The Balaban J connectivity index is 1.75. The first-order valence-electron chi connectivity index (χ1n) is 11.5.